The number of benzene rings is 2. The number of hydrogen-bond acceptors (Lipinski definition) is 8. The number of carbonyl (C=O) groups is 2. The lowest BCUT2D eigenvalue weighted by atomic mass is 10.0. The summed E-state index contributed by atoms with van der Waals surface area (Å²) in [5.41, 5.74) is 0.362. The van der Waals surface area contributed by atoms with Crippen molar-refractivity contribution in [1.29, 1.82) is 0 Å². The van der Waals surface area contributed by atoms with E-state index in [1.807, 2.05) is 0 Å². The van der Waals surface area contributed by atoms with Crippen LogP contribution in [0.4, 0.5) is 11.4 Å². The Balaban J connectivity index is 1.39. The quantitative estimate of drug-likeness (QED) is 0.359. The Morgan fingerprint density at radius 3 is 2.56 bits per heavy atom. The highest BCUT2D eigenvalue weighted by Crippen LogP contribution is 2.34. The highest BCUT2D eigenvalue weighted by Gasteiger charge is 2.40. The van der Waals surface area contributed by atoms with Crippen LogP contribution in [0.25, 0.3) is 0 Å². The first-order valence-corrected chi connectivity index (χ1v) is 11.8. The number of nitro benzene ring substituents is 1. The highest BCUT2D eigenvalue weighted by molar-refractivity contribution is 8.00. The Labute approximate surface area is 200 Å². The Morgan fingerprint density at radius 1 is 1.18 bits per heavy atom. The average Bonchev–Trinajstić information content (AvgIpc) is 3.30. The van der Waals surface area contributed by atoms with Gasteiger partial charge in [-0.3, -0.25) is 19.7 Å². The molecule has 2 aromatic carbocycles. The lowest BCUT2D eigenvalue weighted by Crippen LogP contribution is -2.47. The summed E-state index contributed by atoms with van der Waals surface area (Å²) in [6.07, 6.45) is 1.22. The van der Waals surface area contributed by atoms with E-state index in [2.05, 4.69) is 5.32 Å². The Hall–Kier alpha value is -3.15. The minimum absolute atomic E-state index is 0.0578. The molecule has 4 rings (SSSR count). The molecule has 2 aromatic rings. The van der Waals surface area contributed by atoms with Crippen LogP contribution in [0.2, 0.25) is 0 Å². The topological polar surface area (TPSA) is 120 Å². The van der Waals surface area contributed by atoms with Crippen molar-refractivity contribution in [3.05, 3.63) is 58.1 Å². The van der Waals surface area contributed by atoms with Gasteiger partial charge in [0, 0.05) is 37.6 Å². The fraction of sp³-hybridized carbons (Fsp3) is 0.391. The van der Waals surface area contributed by atoms with E-state index >= 15 is 0 Å². The number of piperidine rings is 1. The lowest BCUT2D eigenvalue weighted by molar-refractivity contribution is -0.387. The van der Waals surface area contributed by atoms with Gasteiger partial charge in [-0.2, -0.15) is 0 Å². The number of ether oxygens (including phenoxy) is 3. The Kier molecular flexibility index (Phi) is 7.35. The van der Waals surface area contributed by atoms with Gasteiger partial charge >= 0.3 is 0 Å². The zero-order valence-electron chi connectivity index (χ0n) is 18.7. The molecule has 11 heteroatoms. The van der Waals surface area contributed by atoms with Gasteiger partial charge in [-0.05, 0) is 24.3 Å². The number of likely N-dealkylation sites (tertiary alicyclic amines) is 1. The predicted molar refractivity (Wildman–Crippen MR) is 125 cm³/mol. The molecule has 0 unspecified atom stereocenters. The van der Waals surface area contributed by atoms with Gasteiger partial charge in [-0.1, -0.05) is 12.1 Å². The molecule has 2 heterocycles. The number of thioether (sulfide) groups is 1. The largest absolute Gasteiger partial charge is 0.495 e. The normalized spacial score (nSPS) is 16.9. The molecule has 180 valence electrons. The molecule has 1 spiro atoms. The monoisotopic (exact) mass is 487 g/mol. The molecule has 2 fully saturated rings. The summed E-state index contributed by atoms with van der Waals surface area (Å²) in [7, 11) is 1.49. The second kappa shape index (κ2) is 10.4. The minimum atomic E-state index is -0.567. The van der Waals surface area contributed by atoms with Crippen LogP contribution >= 0.6 is 11.8 Å². The number of carbonyl (C=O) groups excluding carboxylic acids is 2. The first-order chi connectivity index (χ1) is 16.4. The van der Waals surface area contributed by atoms with Crippen LogP contribution in [0.1, 0.15) is 23.2 Å². The van der Waals surface area contributed by atoms with E-state index < -0.39 is 16.6 Å². The van der Waals surface area contributed by atoms with Gasteiger partial charge in [0.05, 0.1) is 41.6 Å². The molecule has 0 aromatic heterocycles. The molecule has 1 N–H and O–H groups in total. The van der Waals surface area contributed by atoms with Gasteiger partial charge < -0.3 is 24.4 Å². The standard InChI is InChI=1S/C23H25N3O7S/c1-31-19-5-3-2-4-17(19)24-22(28)16-6-7-20(18(14-16)26(29)30)34-15-21(27)25-10-8-23(9-11-25)32-12-13-33-23/h2-7,14H,8-13,15H2,1H3,(H,24,28). The van der Waals surface area contributed by atoms with E-state index in [9.17, 15) is 19.7 Å². The lowest BCUT2D eigenvalue weighted by Gasteiger charge is -2.37. The molecule has 0 radical (unpaired) electrons. The Bertz CT molecular complexity index is 1080. The summed E-state index contributed by atoms with van der Waals surface area (Å²) in [4.78, 5) is 38.5. The maximum absolute atomic E-state index is 12.7. The number of anilines is 1. The number of rotatable bonds is 7. The first-order valence-electron chi connectivity index (χ1n) is 10.8. The van der Waals surface area contributed by atoms with Gasteiger partial charge in [0.25, 0.3) is 11.6 Å². The van der Waals surface area contributed by atoms with E-state index in [1.165, 1.54) is 25.3 Å². The zero-order valence-corrected chi connectivity index (χ0v) is 19.5. The molecular weight excluding hydrogens is 462 g/mol. The van der Waals surface area contributed by atoms with Gasteiger partial charge in [0.1, 0.15) is 5.75 Å². The van der Waals surface area contributed by atoms with E-state index in [1.54, 1.807) is 29.2 Å². The summed E-state index contributed by atoms with van der Waals surface area (Å²) < 4.78 is 16.6. The van der Waals surface area contributed by atoms with Crippen molar-refractivity contribution in [2.75, 3.05) is 44.5 Å². The maximum Gasteiger partial charge on any atom is 0.283 e. The summed E-state index contributed by atoms with van der Waals surface area (Å²) >= 11 is 1.08. The molecule has 2 saturated heterocycles. The number of nitro groups is 1. The van der Waals surface area contributed by atoms with Crippen LogP contribution in [0, 0.1) is 10.1 Å². The summed E-state index contributed by atoms with van der Waals surface area (Å²) in [5, 5.41) is 14.4. The molecule has 0 aliphatic carbocycles. The third-order valence-corrected chi connectivity index (χ3v) is 6.86. The summed E-state index contributed by atoms with van der Waals surface area (Å²) in [5.74, 6) is -0.639. The Morgan fingerprint density at radius 2 is 1.88 bits per heavy atom. The fourth-order valence-corrected chi connectivity index (χ4v) is 4.89. The van der Waals surface area contributed by atoms with Crippen molar-refractivity contribution in [3.63, 3.8) is 0 Å². The van der Waals surface area contributed by atoms with Crippen LogP contribution in [0.15, 0.2) is 47.4 Å². The maximum atomic E-state index is 12.7. The smallest absolute Gasteiger partial charge is 0.283 e. The van der Waals surface area contributed by atoms with Gasteiger partial charge in [-0.15, -0.1) is 11.8 Å². The van der Waals surface area contributed by atoms with Crippen LogP contribution < -0.4 is 10.1 Å². The van der Waals surface area contributed by atoms with Crippen molar-refractivity contribution in [3.8, 4) is 5.75 Å². The van der Waals surface area contributed by atoms with E-state index in [4.69, 9.17) is 14.2 Å². The number of amides is 2. The highest BCUT2D eigenvalue weighted by atomic mass is 32.2. The zero-order chi connectivity index (χ0) is 24.1. The van der Waals surface area contributed by atoms with Crippen molar-refractivity contribution < 1.29 is 28.7 Å². The second-order valence-electron chi connectivity index (χ2n) is 7.87. The van der Waals surface area contributed by atoms with Gasteiger partial charge in [0.15, 0.2) is 5.79 Å². The number of methoxy groups -OCH3 is 1. The number of para-hydroxylation sites is 2. The van der Waals surface area contributed by atoms with Crippen molar-refractivity contribution in [2.24, 2.45) is 0 Å². The number of hydrogen-bond donors (Lipinski definition) is 1. The molecule has 2 aliphatic rings. The molecule has 0 bridgehead atoms. The number of nitrogens with one attached hydrogen (secondary N) is 1. The molecule has 2 aliphatic heterocycles. The minimum Gasteiger partial charge on any atom is -0.495 e. The first kappa shape index (κ1) is 24.0. The van der Waals surface area contributed by atoms with Crippen molar-refractivity contribution in [1.82, 2.24) is 4.90 Å². The molecule has 34 heavy (non-hydrogen) atoms. The van der Waals surface area contributed by atoms with E-state index in [-0.39, 0.29) is 22.9 Å². The predicted octanol–water partition coefficient (Wildman–Crippen LogP) is 3.31. The molecule has 10 nitrogen and oxygen atoms in total. The molecule has 0 atom stereocenters. The number of nitrogens with zero attached hydrogens (tertiary/aromatic N) is 2. The van der Waals surface area contributed by atoms with Crippen LogP contribution in [0.5, 0.6) is 5.75 Å². The van der Waals surface area contributed by atoms with E-state index in [0.717, 1.165) is 11.8 Å². The molecular formula is C23H25N3O7S. The molecule has 2 amide bonds. The SMILES string of the molecule is COc1ccccc1NC(=O)c1ccc(SCC(=O)N2CCC3(CC2)OCCO3)c([N+](=O)[O-])c1. The summed E-state index contributed by atoms with van der Waals surface area (Å²) in [6.45, 7) is 2.17. The van der Waals surface area contributed by atoms with E-state index in [0.29, 0.717) is 55.5 Å². The van der Waals surface area contributed by atoms with Gasteiger partial charge in [0.2, 0.25) is 5.91 Å². The van der Waals surface area contributed by atoms with Crippen LogP contribution in [-0.4, -0.2) is 66.6 Å². The summed E-state index contributed by atoms with van der Waals surface area (Å²) in [6, 6.07) is 11.1. The van der Waals surface area contributed by atoms with Crippen molar-refractivity contribution >= 4 is 35.0 Å². The average molecular weight is 488 g/mol. The van der Waals surface area contributed by atoms with Gasteiger partial charge in [-0.25, -0.2) is 0 Å². The molecule has 0 saturated carbocycles. The third-order valence-electron chi connectivity index (χ3n) is 5.82. The third kappa shape index (κ3) is 5.32. The fourth-order valence-electron chi connectivity index (χ4n) is 3.98. The van der Waals surface area contributed by atoms with Crippen LogP contribution in [-0.2, 0) is 14.3 Å². The van der Waals surface area contributed by atoms with Crippen LogP contribution in [0.3, 0.4) is 0 Å². The van der Waals surface area contributed by atoms with Crippen molar-refractivity contribution in [2.45, 2.75) is 23.5 Å². The second-order valence-corrected chi connectivity index (χ2v) is 8.89.